The van der Waals surface area contributed by atoms with Gasteiger partial charge in [0.1, 0.15) is 0 Å². The second-order valence-electron chi connectivity index (χ2n) is 6.27. The number of hydrogen-bond acceptors (Lipinski definition) is 5. The summed E-state index contributed by atoms with van der Waals surface area (Å²) in [7, 11) is 0. The molecule has 2 saturated heterocycles. The lowest BCUT2D eigenvalue weighted by Gasteiger charge is -2.32. The van der Waals surface area contributed by atoms with Crippen molar-refractivity contribution in [2.45, 2.75) is 26.2 Å². The molecule has 1 aromatic rings. The third-order valence-electron chi connectivity index (χ3n) is 4.59. The lowest BCUT2D eigenvalue weighted by atomic mass is 9.96. The first-order valence-electron chi connectivity index (χ1n) is 8.13. The highest BCUT2D eigenvalue weighted by Gasteiger charge is 2.25. The molecule has 120 valence electrons. The molecule has 0 bridgehead atoms. The van der Waals surface area contributed by atoms with Gasteiger partial charge < -0.3 is 15.0 Å². The number of carbonyl (C=O) groups excluding carboxylic acids is 1. The summed E-state index contributed by atoms with van der Waals surface area (Å²) in [6.45, 7) is 5.98. The van der Waals surface area contributed by atoms with E-state index in [1.54, 1.807) is 0 Å². The Morgan fingerprint density at radius 1 is 1.32 bits per heavy atom. The number of aryl methyl sites for hydroxylation is 1. The number of nitrogens with zero attached hydrogens (tertiary/aromatic N) is 3. The number of piperidine rings is 1. The highest BCUT2D eigenvalue weighted by Crippen LogP contribution is 2.21. The maximum absolute atomic E-state index is 12.0. The molecule has 6 heteroatoms. The standard InChI is InChI=1S/C16H24N4O2/c1-12-2-3-15(19-18-12)20-7-4-13(5-8-20)10-17-16(21)14-6-9-22-11-14/h2-3,13-14H,4-11H2,1H3,(H,17,21). The Morgan fingerprint density at radius 2 is 2.14 bits per heavy atom. The van der Waals surface area contributed by atoms with Crippen LogP contribution in [0.4, 0.5) is 5.82 Å². The van der Waals surface area contributed by atoms with E-state index in [1.165, 1.54) is 0 Å². The van der Waals surface area contributed by atoms with Crippen LogP contribution in [0.25, 0.3) is 0 Å². The van der Waals surface area contributed by atoms with Crippen molar-refractivity contribution >= 4 is 11.7 Å². The van der Waals surface area contributed by atoms with Crippen LogP contribution in [-0.2, 0) is 9.53 Å². The summed E-state index contributed by atoms with van der Waals surface area (Å²) in [4.78, 5) is 14.3. The SMILES string of the molecule is Cc1ccc(N2CCC(CNC(=O)C3CCOC3)CC2)nn1. The summed E-state index contributed by atoms with van der Waals surface area (Å²) in [6.07, 6.45) is 3.02. The Hall–Kier alpha value is -1.69. The van der Waals surface area contributed by atoms with Gasteiger partial charge in [0.25, 0.3) is 0 Å². The Kier molecular flexibility index (Phi) is 4.87. The molecule has 1 unspecified atom stereocenters. The van der Waals surface area contributed by atoms with Gasteiger partial charge in [-0.25, -0.2) is 0 Å². The van der Waals surface area contributed by atoms with Crippen molar-refractivity contribution in [1.29, 1.82) is 0 Å². The first kappa shape index (κ1) is 15.2. The first-order valence-corrected chi connectivity index (χ1v) is 8.13. The van der Waals surface area contributed by atoms with Crippen molar-refractivity contribution in [2.24, 2.45) is 11.8 Å². The second-order valence-corrected chi connectivity index (χ2v) is 6.27. The zero-order chi connectivity index (χ0) is 15.4. The molecule has 0 aliphatic carbocycles. The minimum Gasteiger partial charge on any atom is -0.381 e. The molecule has 0 spiro atoms. The van der Waals surface area contributed by atoms with E-state index < -0.39 is 0 Å². The predicted molar refractivity (Wildman–Crippen MR) is 83.6 cm³/mol. The van der Waals surface area contributed by atoms with Gasteiger partial charge in [-0.1, -0.05) is 0 Å². The van der Waals surface area contributed by atoms with Crippen LogP contribution in [0.1, 0.15) is 25.0 Å². The third-order valence-corrected chi connectivity index (χ3v) is 4.59. The maximum Gasteiger partial charge on any atom is 0.225 e. The average molecular weight is 304 g/mol. The fourth-order valence-electron chi connectivity index (χ4n) is 3.06. The fourth-order valence-corrected chi connectivity index (χ4v) is 3.06. The first-order chi connectivity index (χ1) is 10.7. The van der Waals surface area contributed by atoms with Crippen LogP contribution in [0.3, 0.4) is 0 Å². The molecule has 1 N–H and O–H groups in total. The lowest BCUT2D eigenvalue weighted by molar-refractivity contribution is -0.125. The van der Waals surface area contributed by atoms with Crippen LogP contribution in [0.5, 0.6) is 0 Å². The van der Waals surface area contributed by atoms with Crippen molar-refractivity contribution in [3.05, 3.63) is 17.8 Å². The van der Waals surface area contributed by atoms with E-state index in [0.717, 1.165) is 50.4 Å². The number of rotatable bonds is 4. The fraction of sp³-hybridized carbons (Fsp3) is 0.688. The minimum absolute atomic E-state index is 0.0583. The van der Waals surface area contributed by atoms with E-state index in [2.05, 4.69) is 20.4 Å². The average Bonchev–Trinajstić information content (AvgIpc) is 3.08. The van der Waals surface area contributed by atoms with E-state index in [4.69, 9.17) is 4.74 Å². The van der Waals surface area contributed by atoms with Crippen molar-refractivity contribution in [3.8, 4) is 0 Å². The molecule has 0 saturated carbocycles. The number of carbonyl (C=O) groups is 1. The molecule has 1 aromatic heterocycles. The monoisotopic (exact) mass is 304 g/mol. The molecule has 3 heterocycles. The number of nitrogens with one attached hydrogen (secondary N) is 1. The van der Waals surface area contributed by atoms with Crippen LogP contribution in [-0.4, -0.2) is 49.0 Å². The van der Waals surface area contributed by atoms with Crippen molar-refractivity contribution in [2.75, 3.05) is 37.7 Å². The summed E-state index contributed by atoms with van der Waals surface area (Å²) in [5, 5.41) is 11.5. The summed E-state index contributed by atoms with van der Waals surface area (Å²) in [6, 6.07) is 4.03. The van der Waals surface area contributed by atoms with Gasteiger partial charge in [0.15, 0.2) is 5.82 Å². The number of ether oxygens (including phenoxy) is 1. The zero-order valence-electron chi connectivity index (χ0n) is 13.1. The number of aromatic nitrogens is 2. The van der Waals surface area contributed by atoms with E-state index in [0.29, 0.717) is 19.1 Å². The smallest absolute Gasteiger partial charge is 0.225 e. The highest BCUT2D eigenvalue weighted by atomic mass is 16.5. The van der Waals surface area contributed by atoms with Gasteiger partial charge in [-0.05, 0) is 44.2 Å². The summed E-state index contributed by atoms with van der Waals surface area (Å²) >= 11 is 0. The molecule has 1 atom stereocenters. The maximum atomic E-state index is 12.0. The van der Waals surface area contributed by atoms with Gasteiger partial charge in [0, 0.05) is 26.2 Å². The van der Waals surface area contributed by atoms with Crippen LogP contribution in [0.15, 0.2) is 12.1 Å². The Labute approximate surface area is 131 Å². The van der Waals surface area contributed by atoms with Crippen LogP contribution in [0.2, 0.25) is 0 Å². The molecular weight excluding hydrogens is 280 g/mol. The molecule has 2 fully saturated rings. The molecule has 2 aliphatic rings. The highest BCUT2D eigenvalue weighted by molar-refractivity contribution is 5.78. The van der Waals surface area contributed by atoms with Gasteiger partial charge in [-0.15, -0.1) is 5.10 Å². The van der Waals surface area contributed by atoms with Gasteiger partial charge in [-0.2, -0.15) is 5.10 Å². The van der Waals surface area contributed by atoms with E-state index in [1.807, 2.05) is 19.1 Å². The van der Waals surface area contributed by atoms with E-state index >= 15 is 0 Å². The Balaban J connectivity index is 1.41. The van der Waals surface area contributed by atoms with Crippen molar-refractivity contribution < 1.29 is 9.53 Å². The summed E-state index contributed by atoms with van der Waals surface area (Å²) < 4.78 is 5.26. The zero-order valence-corrected chi connectivity index (χ0v) is 13.1. The molecule has 1 amide bonds. The molecule has 6 nitrogen and oxygen atoms in total. The molecule has 2 aliphatic heterocycles. The summed E-state index contributed by atoms with van der Waals surface area (Å²) in [5.41, 5.74) is 0.942. The van der Waals surface area contributed by atoms with Gasteiger partial charge in [0.05, 0.1) is 18.2 Å². The van der Waals surface area contributed by atoms with Crippen LogP contribution < -0.4 is 10.2 Å². The summed E-state index contributed by atoms with van der Waals surface area (Å²) in [5.74, 6) is 1.73. The second kappa shape index (κ2) is 7.05. The number of hydrogen-bond donors (Lipinski definition) is 1. The van der Waals surface area contributed by atoms with Gasteiger partial charge in [0.2, 0.25) is 5.91 Å². The lowest BCUT2D eigenvalue weighted by Crippen LogP contribution is -2.40. The quantitative estimate of drug-likeness (QED) is 0.904. The Morgan fingerprint density at radius 3 is 2.77 bits per heavy atom. The normalized spacial score (nSPS) is 22.8. The molecule has 0 radical (unpaired) electrons. The van der Waals surface area contributed by atoms with E-state index in [9.17, 15) is 4.79 Å². The molecule has 3 rings (SSSR count). The largest absolute Gasteiger partial charge is 0.381 e. The van der Waals surface area contributed by atoms with Gasteiger partial charge in [-0.3, -0.25) is 4.79 Å². The van der Waals surface area contributed by atoms with Crippen LogP contribution >= 0.6 is 0 Å². The topological polar surface area (TPSA) is 67.4 Å². The number of amides is 1. The van der Waals surface area contributed by atoms with Gasteiger partial charge >= 0.3 is 0 Å². The molecular formula is C16H24N4O2. The molecule has 22 heavy (non-hydrogen) atoms. The Bertz CT molecular complexity index is 491. The third kappa shape index (κ3) is 3.74. The van der Waals surface area contributed by atoms with Crippen molar-refractivity contribution in [3.63, 3.8) is 0 Å². The van der Waals surface area contributed by atoms with Crippen LogP contribution in [0, 0.1) is 18.8 Å². The molecule has 0 aromatic carbocycles. The minimum atomic E-state index is 0.0583. The van der Waals surface area contributed by atoms with Crippen molar-refractivity contribution in [1.82, 2.24) is 15.5 Å². The number of anilines is 1. The predicted octanol–water partition coefficient (Wildman–Crippen LogP) is 1.15. The van der Waals surface area contributed by atoms with E-state index in [-0.39, 0.29) is 11.8 Å².